The van der Waals surface area contributed by atoms with E-state index in [1.807, 2.05) is 0 Å². The molecule has 1 aliphatic carbocycles. The fraction of sp³-hybridized carbons (Fsp3) is 0.538. The van der Waals surface area contributed by atoms with Gasteiger partial charge in [0.05, 0.1) is 10.6 Å². The lowest BCUT2D eigenvalue weighted by Gasteiger charge is -2.18. The van der Waals surface area contributed by atoms with Gasteiger partial charge in [-0.15, -0.1) is 0 Å². The molecule has 0 aromatic heterocycles. The highest BCUT2D eigenvalue weighted by atomic mass is 32.2. The van der Waals surface area contributed by atoms with Crippen LogP contribution in [0.2, 0.25) is 0 Å². The summed E-state index contributed by atoms with van der Waals surface area (Å²) < 4.78 is 50.1. The summed E-state index contributed by atoms with van der Waals surface area (Å²) in [6.45, 7) is 0. The van der Waals surface area contributed by atoms with Crippen LogP contribution in [0, 0.1) is 17.6 Å². The number of nitrogens with two attached hydrogens (primary N) is 1. The van der Waals surface area contributed by atoms with Crippen LogP contribution < -0.4 is 5.73 Å². The van der Waals surface area contributed by atoms with Crippen LogP contribution in [0.4, 0.5) is 8.78 Å². The number of halogens is 2. The Balaban J connectivity index is 2.15. The Hall–Kier alpha value is -1.01. The molecule has 3 nitrogen and oxygen atoms in total. The predicted molar refractivity (Wildman–Crippen MR) is 68.3 cm³/mol. The Morgan fingerprint density at radius 2 is 1.84 bits per heavy atom. The fourth-order valence-corrected chi connectivity index (χ4v) is 4.07. The molecule has 2 rings (SSSR count). The van der Waals surface area contributed by atoms with Gasteiger partial charge < -0.3 is 5.73 Å². The molecule has 0 saturated heterocycles. The monoisotopic (exact) mass is 289 g/mol. The Morgan fingerprint density at radius 1 is 1.21 bits per heavy atom. The van der Waals surface area contributed by atoms with Crippen molar-refractivity contribution in [3.8, 4) is 0 Å². The molecule has 6 heteroatoms. The van der Waals surface area contributed by atoms with Crippen LogP contribution in [0.1, 0.15) is 25.7 Å². The topological polar surface area (TPSA) is 60.2 Å². The zero-order valence-corrected chi connectivity index (χ0v) is 11.3. The van der Waals surface area contributed by atoms with E-state index in [1.165, 1.54) is 0 Å². The molecule has 0 amide bonds. The molecular weight excluding hydrogens is 272 g/mol. The average molecular weight is 289 g/mol. The lowest BCUT2D eigenvalue weighted by Crippen LogP contribution is -2.35. The Kier molecular flexibility index (Phi) is 4.20. The van der Waals surface area contributed by atoms with Crippen LogP contribution in [0.3, 0.4) is 0 Å². The molecule has 1 atom stereocenters. The van der Waals surface area contributed by atoms with Gasteiger partial charge in [-0.3, -0.25) is 0 Å². The normalized spacial score (nSPS) is 18.7. The molecule has 0 radical (unpaired) electrons. The Labute approximate surface area is 111 Å². The molecular formula is C13H17F2NO2S. The maximum absolute atomic E-state index is 13.1. The molecule has 0 aliphatic heterocycles. The molecule has 19 heavy (non-hydrogen) atoms. The van der Waals surface area contributed by atoms with E-state index >= 15 is 0 Å². The van der Waals surface area contributed by atoms with Crippen LogP contribution in [0.5, 0.6) is 0 Å². The van der Waals surface area contributed by atoms with E-state index < -0.39 is 27.5 Å². The van der Waals surface area contributed by atoms with Crippen LogP contribution in [0.15, 0.2) is 23.1 Å². The molecule has 1 aromatic rings. The van der Waals surface area contributed by atoms with Crippen molar-refractivity contribution in [2.45, 2.75) is 36.6 Å². The van der Waals surface area contributed by atoms with Crippen molar-refractivity contribution in [1.82, 2.24) is 0 Å². The van der Waals surface area contributed by atoms with Crippen LogP contribution in [-0.4, -0.2) is 20.2 Å². The molecule has 1 unspecified atom stereocenters. The van der Waals surface area contributed by atoms with Crippen LogP contribution >= 0.6 is 0 Å². The predicted octanol–water partition coefficient (Wildman–Crippen LogP) is 2.26. The van der Waals surface area contributed by atoms with Crippen molar-refractivity contribution in [3.05, 3.63) is 29.8 Å². The second-order valence-electron chi connectivity index (χ2n) is 5.07. The summed E-state index contributed by atoms with van der Waals surface area (Å²) in [4.78, 5) is -0.208. The van der Waals surface area contributed by atoms with Gasteiger partial charge in [-0.1, -0.05) is 12.8 Å². The van der Waals surface area contributed by atoms with E-state index in [4.69, 9.17) is 5.73 Å². The highest BCUT2D eigenvalue weighted by Crippen LogP contribution is 2.28. The number of benzene rings is 1. The highest BCUT2D eigenvalue weighted by Gasteiger charge is 2.27. The molecule has 2 N–H and O–H groups in total. The minimum Gasteiger partial charge on any atom is -0.327 e. The second-order valence-corrected chi connectivity index (χ2v) is 7.10. The van der Waals surface area contributed by atoms with Crippen molar-refractivity contribution in [2.24, 2.45) is 11.7 Å². The summed E-state index contributed by atoms with van der Waals surface area (Å²) in [5.41, 5.74) is 5.92. The van der Waals surface area contributed by atoms with E-state index in [0.717, 1.165) is 37.8 Å². The van der Waals surface area contributed by atoms with Gasteiger partial charge >= 0.3 is 0 Å². The van der Waals surface area contributed by atoms with Crippen LogP contribution in [-0.2, 0) is 9.84 Å². The van der Waals surface area contributed by atoms with E-state index in [-0.39, 0.29) is 16.6 Å². The van der Waals surface area contributed by atoms with Gasteiger partial charge in [0.25, 0.3) is 0 Å². The zero-order chi connectivity index (χ0) is 14.0. The first-order chi connectivity index (χ1) is 8.90. The van der Waals surface area contributed by atoms with Crippen molar-refractivity contribution in [1.29, 1.82) is 0 Å². The third-order valence-electron chi connectivity index (χ3n) is 3.67. The number of hydrogen-bond acceptors (Lipinski definition) is 3. The fourth-order valence-electron chi connectivity index (χ4n) is 2.54. The molecule has 106 valence electrons. The van der Waals surface area contributed by atoms with Gasteiger partial charge in [0.1, 0.15) is 0 Å². The van der Waals surface area contributed by atoms with Gasteiger partial charge in [-0.05, 0) is 37.0 Å². The molecule has 1 saturated carbocycles. The van der Waals surface area contributed by atoms with Gasteiger partial charge in [0.15, 0.2) is 21.5 Å². The van der Waals surface area contributed by atoms with E-state index in [2.05, 4.69) is 0 Å². The molecule has 1 aliphatic rings. The minimum atomic E-state index is -3.67. The van der Waals surface area contributed by atoms with Gasteiger partial charge in [0, 0.05) is 6.04 Å². The quantitative estimate of drug-likeness (QED) is 0.865. The Morgan fingerprint density at radius 3 is 2.42 bits per heavy atom. The third-order valence-corrected chi connectivity index (χ3v) is 5.46. The average Bonchev–Trinajstić information content (AvgIpc) is 2.85. The summed E-state index contributed by atoms with van der Waals surface area (Å²) in [6.07, 6.45) is 4.02. The second kappa shape index (κ2) is 5.54. The summed E-state index contributed by atoms with van der Waals surface area (Å²) in [7, 11) is -3.67. The first kappa shape index (κ1) is 14.4. The van der Waals surface area contributed by atoms with Crippen molar-refractivity contribution < 1.29 is 17.2 Å². The number of rotatable bonds is 4. The molecule has 1 fully saturated rings. The minimum absolute atomic E-state index is 0.208. The summed E-state index contributed by atoms with van der Waals surface area (Å²) >= 11 is 0. The van der Waals surface area contributed by atoms with Gasteiger partial charge in [-0.2, -0.15) is 0 Å². The SMILES string of the molecule is NC(CS(=O)(=O)c1ccc(F)c(F)c1)C1CCCC1. The van der Waals surface area contributed by atoms with Crippen molar-refractivity contribution in [3.63, 3.8) is 0 Å². The first-order valence-corrected chi connectivity index (χ1v) is 7.99. The van der Waals surface area contributed by atoms with Crippen molar-refractivity contribution in [2.75, 3.05) is 5.75 Å². The molecule has 0 heterocycles. The largest absolute Gasteiger partial charge is 0.327 e. The lowest BCUT2D eigenvalue weighted by molar-refractivity contribution is 0.454. The van der Waals surface area contributed by atoms with Gasteiger partial charge in [-0.25, -0.2) is 17.2 Å². The lowest BCUT2D eigenvalue weighted by atomic mass is 10.0. The third kappa shape index (κ3) is 3.30. The van der Waals surface area contributed by atoms with Crippen LogP contribution in [0.25, 0.3) is 0 Å². The standard InChI is InChI=1S/C13H17F2NO2S/c14-11-6-5-10(7-12(11)15)19(17,18)8-13(16)9-3-1-2-4-9/h5-7,9,13H,1-4,8,16H2. The smallest absolute Gasteiger partial charge is 0.180 e. The number of hydrogen-bond donors (Lipinski definition) is 1. The Bertz CT molecular complexity index is 554. The van der Waals surface area contributed by atoms with E-state index in [9.17, 15) is 17.2 Å². The summed E-state index contributed by atoms with van der Waals surface area (Å²) in [5.74, 6) is -2.22. The van der Waals surface area contributed by atoms with Gasteiger partial charge in [0.2, 0.25) is 0 Å². The van der Waals surface area contributed by atoms with E-state index in [1.54, 1.807) is 0 Å². The number of sulfone groups is 1. The van der Waals surface area contributed by atoms with E-state index in [0.29, 0.717) is 6.07 Å². The molecule has 0 bridgehead atoms. The first-order valence-electron chi connectivity index (χ1n) is 6.33. The maximum atomic E-state index is 13.1. The molecule has 1 aromatic carbocycles. The highest BCUT2D eigenvalue weighted by molar-refractivity contribution is 7.91. The van der Waals surface area contributed by atoms with Crippen molar-refractivity contribution >= 4 is 9.84 Å². The summed E-state index contributed by atoms with van der Waals surface area (Å²) in [5, 5.41) is 0. The zero-order valence-electron chi connectivity index (χ0n) is 10.5. The maximum Gasteiger partial charge on any atom is 0.180 e. The summed E-state index contributed by atoms with van der Waals surface area (Å²) in [6, 6.07) is 2.17. The molecule has 0 spiro atoms.